The van der Waals surface area contributed by atoms with Crippen molar-refractivity contribution in [3.8, 4) is 11.5 Å². The lowest BCUT2D eigenvalue weighted by molar-refractivity contribution is -0.211. The van der Waals surface area contributed by atoms with Crippen LogP contribution in [0.4, 0.5) is 18.9 Å². The maximum atomic E-state index is 14.5. The third-order valence-corrected chi connectivity index (χ3v) is 10.5. The molecule has 7 aliphatic carbocycles. The van der Waals surface area contributed by atoms with E-state index in [4.69, 9.17) is 9.05 Å². The number of rotatable bonds is 8. The number of hydrogen-bond acceptors (Lipinski definition) is 7. The fourth-order valence-electron chi connectivity index (χ4n) is 7.83. The average Bonchev–Trinajstić information content (AvgIpc) is 3.44. The summed E-state index contributed by atoms with van der Waals surface area (Å²) in [6.07, 6.45) is 4.97. The van der Waals surface area contributed by atoms with Crippen molar-refractivity contribution in [2.45, 2.75) is 94.1 Å². The van der Waals surface area contributed by atoms with Gasteiger partial charge in [-0.3, -0.25) is 4.79 Å². The first kappa shape index (κ1) is 24.5. The van der Waals surface area contributed by atoms with Gasteiger partial charge in [-0.1, -0.05) is 16.4 Å². The number of carbonyl (C=O) groups excluding carboxylic acids is 1. The van der Waals surface area contributed by atoms with Crippen molar-refractivity contribution >= 4 is 11.6 Å². The van der Waals surface area contributed by atoms with Gasteiger partial charge in [0.15, 0.2) is 11.6 Å². The molecule has 7 saturated carbocycles. The molecule has 4 bridgehead atoms. The minimum absolute atomic E-state index is 0.00935. The van der Waals surface area contributed by atoms with Gasteiger partial charge in [0.1, 0.15) is 5.67 Å². The number of fused-ring (bicyclic) bond motifs is 3. The van der Waals surface area contributed by atoms with Crippen molar-refractivity contribution < 1.29 is 27.0 Å². The van der Waals surface area contributed by atoms with Crippen molar-refractivity contribution in [1.29, 1.82) is 0 Å². The van der Waals surface area contributed by atoms with Gasteiger partial charge in [0.25, 0.3) is 11.8 Å². The lowest BCUT2D eigenvalue weighted by Gasteiger charge is -2.65. The number of carbonyl (C=O) groups is 1. The zero-order valence-corrected chi connectivity index (χ0v) is 22.0. The number of halogens is 3. The van der Waals surface area contributed by atoms with Gasteiger partial charge in [-0.05, 0) is 94.2 Å². The van der Waals surface area contributed by atoms with Gasteiger partial charge in [-0.2, -0.15) is 18.7 Å². The number of hydrogen-bond donors (Lipinski definition) is 0. The summed E-state index contributed by atoms with van der Waals surface area (Å²) in [6.45, 7) is 0.526. The Balaban J connectivity index is 1.07. The van der Waals surface area contributed by atoms with Crippen LogP contribution in [0.3, 0.4) is 0 Å². The van der Waals surface area contributed by atoms with E-state index in [-0.39, 0.29) is 16.7 Å². The van der Waals surface area contributed by atoms with Crippen LogP contribution < -0.4 is 4.90 Å². The molecule has 8 nitrogen and oxygen atoms in total. The molecule has 3 aromatic rings. The Morgan fingerprint density at radius 1 is 1.00 bits per heavy atom. The van der Waals surface area contributed by atoms with Crippen molar-refractivity contribution in [3.63, 3.8) is 0 Å². The molecule has 1 aromatic carbocycles. The quantitative estimate of drug-likeness (QED) is 0.316. The van der Waals surface area contributed by atoms with E-state index < -0.39 is 23.4 Å². The largest absolute Gasteiger partial charge is 0.334 e. The zero-order valence-electron chi connectivity index (χ0n) is 22.0. The molecule has 0 radical (unpaired) electrons. The van der Waals surface area contributed by atoms with E-state index in [1.807, 2.05) is 29.2 Å². The molecular formula is C29H30F3N5O3. The van der Waals surface area contributed by atoms with Gasteiger partial charge < -0.3 is 13.9 Å². The summed E-state index contributed by atoms with van der Waals surface area (Å²) in [5, 5.41) is 8.06. The summed E-state index contributed by atoms with van der Waals surface area (Å²) in [5.41, 5.74) is -0.773. The summed E-state index contributed by atoms with van der Waals surface area (Å²) >= 11 is 0. The molecule has 40 heavy (non-hydrogen) atoms. The minimum Gasteiger partial charge on any atom is -0.334 e. The Bertz CT molecular complexity index is 1450. The number of anilines is 1. The highest BCUT2D eigenvalue weighted by atomic mass is 19.3. The first-order chi connectivity index (χ1) is 19.2. The van der Waals surface area contributed by atoms with E-state index in [0.717, 1.165) is 68.4 Å². The molecule has 10 rings (SSSR count). The highest BCUT2D eigenvalue weighted by Crippen LogP contribution is 2.70. The highest BCUT2D eigenvalue weighted by Gasteiger charge is 2.73. The van der Waals surface area contributed by atoms with Crippen molar-refractivity contribution in [1.82, 2.24) is 20.3 Å². The number of alkyl halides is 3. The van der Waals surface area contributed by atoms with Gasteiger partial charge in [0.05, 0.1) is 5.41 Å². The maximum absolute atomic E-state index is 14.5. The van der Waals surface area contributed by atoms with Crippen LogP contribution in [-0.2, 0) is 10.2 Å². The summed E-state index contributed by atoms with van der Waals surface area (Å²) in [4.78, 5) is 24.6. The van der Waals surface area contributed by atoms with Crippen LogP contribution in [0.15, 0.2) is 33.3 Å². The number of aromatic nitrogens is 4. The van der Waals surface area contributed by atoms with Gasteiger partial charge in [-0.25, -0.2) is 4.39 Å². The summed E-state index contributed by atoms with van der Waals surface area (Å²) in [7, 11) is 0. The highest BCUT2D eigenvalue weighted by molar-refractivity contribution is 6.00. The minimum atomic E-state index is -2.79. The first-order valence-electron chi connectivity index (χ1n) is 14.3. The second-order valence-corrected chi connectivity index (χ2v) is 13.2. The molecule has 0 unspecified atom stereocenters. The van der Waals surface area contributed by atoms with Gasteiger partial charge in [0, 0.05) is 29.1 Å². The Morgan fingerprint density at radius 3 is 2.35 bits per heavy atom. The molecule has 1 amide bonds. The van der Waals surface area contributed by atoms with Gasteiger partial charge in [-0.15, -0.1) is 0 Å². The molecule has 11 heteroatoms. The van der Waals surface area contributed by atoms with Crippen LogP contribution in [0, 0.1) is 10.8 Å². The number of benzene rings is 1. The molecule has 0 atom stereocenters. The summed E-state index contributed by atoms with van der Waals surface area (Å²) in [5.74, 6) is 1.27. The van der Waals surface area contributed by atoms with E-state index >= 15 is 0 Å². The van der Waals surface area contributed by atoms with E-state index in [1.54, 1.807) is 0 Å². The Hall–Kier alpha value is -3.24. The Labute approximate surface area is 228 Å². The van der Waals surface area contributed by atoms with Crippen LogP contribution >= 0.6 is 0 Å². The predicted octanol–water partition coefficient (Wildman–Crippen LogP) is 6.45. The third kappa shape index (κ3) is 3.68. The van der Waals surface area contributed by atoms with Crippen LogP contribution in [0.2, 0.25) is 0 Å². The van der Waals surface area contributed by atoms with E-state index in [1.165, 1.54) is 0 Å². The van der Waals surface area contributed by atoms with E-state index in [9.17, 15) is 18.0 Å². The molecule has 2 heterocycles. The van der Waals surface area contributed by atoms with Crippen molar-refractivity contribution in [3.05, 3.63) is 41.8 Å². The molecule has 2 aromatic heterocycles. The standard InChI is InChI=1S/C29H30F3N5O3/c30-20(31)23-34-24(36-40-23)27-9-6-26(7-10-27,8-11-27)16-37(25(38)28-13-29(32,14-28)15-28)19-3-1-2-18(12-19)22-33-21(35-39-22)17-4-5-17/h1-3,12,17,20H,4-11,13-16H2. The van der Waals surface area contributed by atoms with Gasteiger partial charge >= 0.3 is 6.43 Å². The molecule has 7 aliphatic rings. The second-order valence-electron chi connectivity index (χ2n) is 13.2. The first-order valence-corrected chi connectivity index (χ1v) is 14.3. The predicted molar refractivity (Wildman–Crippen MR) is 135 cm³/mol. The van der Waals surface area contributed by atoms with Gasteiger partial charge in [0.2, 0.25) is 5.91 Å². The number of nitrogens with zero attached hydrogens (tertiary/aromatic N) is 5. The summed E-state index contributed by atoms with van der Waals surface area (Å²) < 4.78 is 51.1. The molecule has 0 saturated heterocycles. The molecule has 7 fully saturated rings. The van der Waals surface area contributed by atoms with Crippen LogP contribution in [0.25, 0.3) is 11.5 Å². The maximum Gasteiger partial charge on any atom is 0.315 e. The van der Waals surface area contributed by atoms with Crippen LogP contribution in [0.5, 0.6) is 0 Å². The normalized spacial score (nSPS) is 34.0. The molecule has 210 valence electrons. The van der Waals surface area contributed by atoms with Crippen molar-refractivity contribution in [2.24, 2.45) is 10.8 Å². The zero-order chi connectivity index (χ0) is 27.3. The van der Waals surface area contributed by atoms with E-state index in [0.29, 0.717) is 43.4 Å². The third-order valence-electron chi connectivity index (χ3n) is 10.5. The lowest BCUT2D eigenvalue weighted by atomic mass is 9.41. The fraction of sp³-hybridized carbons (Fsp3) is 0.621. The van der Waals surface area contributed by atoms with Crippen LogP contribution in [0.1, 0.15) is 101 Å². The lowest BCUT2D eigenvalue weighted by Crippen LogP contribution is -2.71. The van der Waals surface area contributed by atoms with Crippen molar-refractivity contribution in [2.75, 3.05) is 11.4 Å². The Kier molecular flexibility index (Phi) is 5.01. The second kappa shape index (κ2) is 8.16. The van der Waals surface area contributed by atoms with Crippen LogP contribution in [-0.4, -0.2) is 38.4 Å². The molecular weight excluding hydrogens is 523 g/mol. The number of amides is 1. The molecule has 0 aliphatic heterocycles. The molecule has 0 N–H and O–H groups in total. The fourth-order valence-corrected chi connectivity index (χ4v) is 7.83. The monoisotopic (exact) mass is 553 g/mol. The average molecular weight is 554 g/mol. The SMILES string of the molecule is O=C(N(CC12CCC(c3noc(C(F)F)n3)(CC1)CC2)c1cccc(-c2nc(C3CC3)no2)c1)C12CC(F)(C1)C2. The summed E-state index contributed by atoms with van der Waals surface area (Å²) in [6, 6.07) is 7.65. The smallest absolute Gasteiger partial charge is 0.315 e. The Morgan fingerprint density at radius 2 is 1.73 bits per heavy atom. The topological polar surface area (TPSA) is 98.2 Å². The van der Waals surface area contributed by atoms with E-state index in [2.05, 4.69) is 20.3 Å². The molecule has 0 spiro atoms.